The minimum atomic E-state index is -0.564. The highest BCUT2D eigenvalue weighted by Gasteiger charge is 2.31. The number of fused-ring (bicyclic) bond motifs is 1. The number of methoxy groups -OCH3 is 1. The van der Waals surface area contributed by atoms with Gasteiger partial charge in [-0.15, -0.1) is 0 Å². The fraction of sp³-hybridized carbons (Fsp3) is 0.417. The monoisotopic (exact) mass is 441 g/mol. The van der Waals surface area contributed by atoms with Crippen LogP contribution in [0.5, 0.6) is 17.2 Å². The van der Waals surface area contributed by atoms with Gasteiger partial charge in [-0.05, 0) is 63.8 Å². The Balaban J connectivity index is 1.52. The Kier molecular flexibility index (Phi) is 7.94. The van der Waals surface area contributed by atoms with Gasteiger partial charge in [-0.25, -0.2) is 0 Å². The third-order valence-corrected chi connectivity index (χ3v) is 5.10. The summed E-state index contributed by atoms with van der Waals surface area (Å²) in [5.41, 5.74) is 1.36. The first-order valence-corrected chi connectivity index (χ1v) is 10.7. The van der Waals surface area contributed by atoms with Crippen molar-refractivity contribution in [2.75, 3.05) is 51.1 Å². The molecule has 2 amide bonds. The number of hydrogen-bond donors (Lipinski definition) is 1. The summed E-state index contributed by atoms with van der Waals surface area (Å²) < 4.78 is 16.6. The van der Waals surface area contributed by atoms with E-state index in [1.54, 1.807) is 31.1 Å². The average Bonchev–Trinajstić information content (AvgIpc) is 2.77. The van der Waals surface area contributed by atoms with Crippen molar-refractivity contribution < 1.29 is 23.8 Å². The number of likely N-dealkylation sites (N-methyl/N-ethyl adjacent to an activating group) is 1. The molecule has 2 aromatic carbocycles. The molecule has 32 heavy (non-hydrogen) atoms. The van der Waals surface area contributed by atoms with Crippen molar-refractivity contribution in [2.24, 2.45) is 0 Å². The summed E-state index contributed by atoms with van der Waals surface area (Å²) in [4.78, 5) is 28.6. The Bertz CT molecular complexity index is 930. The minimum absolute atomic E-state index is 0.0620. The second kappa shape index (κ2) is 10.9. The van der Waals surface area contributed by atoms with E-state index >= 15 is 0 Å². The van der Waals surface area contributed by atoms with Crippen molar-refractivity contribution in [3.8, 4) is 17.2 Å². The van der Waals surface area contributed by atoms with E-state index < -0.39 is 6.10 Å². The van der Waals surface area contributed by atoms with Gasteiger partial charge in [0.05, 0.1) is 19.4 Å². The van der Waals surface area contributed by atoms with Crippen LogP contribution >= 0.6 is 0 Å². The first kappa shape index (κ1) is 23.4. The van der Waals surface area contributed by atoms with Crippen LogP contribution in [0.25, 0.3) is 0 Å². The van der Waals surface area contributed by atoms with Crippen LogP contribution in [0.15, 0.2) is 42.5 Å². The van der Waals surface area contributed by atoms with Crippen LogP contribution in [-0.4, -0.2) is 63.7 Å². The van der Waals surface area contributed by atoms with Gasteiger partial charge in [-0.2, -0.15) is 0 Å². The van der Waals surface area contributed by atoms with E-state index in [2.05, 4.69) is 5.32 Å². The Morgan fingerprint density at radius 2 is 1.88 bits per heavy atom. The largest absolute Gasteiger partial charge is 0.497 e. The maximum atomic E-state index is 12.5. The molecule has 1 atom stereocenters. The number of hydrogen-bond acceptors (Lipinski definition) is 6. The number of benzene rings is 2. The zero-order valence-electron chi connectivity index (χ0n) is 19.1. The standard InChI is InChI=1S/C24H31N3O5/c1-17-24(29)27(14-13-26(2)3)21-12-7-18(16-22(21)32-17)25-23(28)6-5-15-31-20-10-8-19(30-4)9-11-20/h7-12,16-17H,5-6,13-15H2,1-4H3,(H,25,28). The van der Waals surface area contributed by atoms with Gasteiger partial charge in [0.15, 0.2) is 6.10 Å². The van der Waals surface area contributed by atoms with Crippen molar-refractivity contribution in [2.45, 2.75) is 25.9 Å². The molecule has 0 saturated heterocycles. The lowest BCUT2D eigenvalue weighted by molar-refractivity contribution is -0.125. The summed E-state index contributed by atoms with van der Waals surface area (Å²) in [6.07, 6.45) is 0.354. The van der Waals surface area contributed by atoms with Crippen LogP contribution in [0.1, 0.15) is 19.8 Å². The van der Waals surface area contributed by atoms with Gasteiger partial charge < -0.3 is 29.3 Å². The number of anilines is 2. The van der Waals surface area contributed by atoms with Crippen molar-refractivity contribution in [1.29, 1.82) is 0 Å². The summed E-state index contributed by atoms with van der Waals surface area (Å²) in [5.74, 6) is 1.93. The van der Waals surface area contributed by atoms with Gasteiger partial charge in [0.2, 0.25) is 5.91 Å². The molecule has 1 heterocycles. The molecule has 2 aromatic rings. The number of amides is 2. The molecular weight excluding hydrogens is 410 g/mol. The number of ether oxygens (including phenoxy) is 3. The van der Waals surface area contributed by atoms with E-state index in [1.807, 2.05) is 49.3 Å². The van der Waals surface area contributed by atoms with Gasteiger partial charge in [0.1, 0.15) is 17.2 Å². The van der Waals surface area contributed by atoms with Crippen molar-refractivity contribution >= 4 is 23.2 Å². The molecule has 8 heteroatoms. The number of carbonyl (C=O) groups is 2. The lowest BCUT2D eigenvalue weighted by atomic mass is 10.1. The SMILES string of the molecule is COc1ccc(OCCCC(=O)Nc2ccc3c(c2)OC(C)C(=O)N3CCN(C)C)cc1. The predicted molar refractivity (Wildman–Crippen MR) is 124 cm³/mol. The molecule has 0 spiro atoms. The molecule has 172 valence electrons. The molecule has 1 aliphatic heterocycles. The maximum absolute atomic E-state index is 12.5. The zero-order chi connectivity index (χ0) is 23.1. The van der Waals surface area contributed by atoms with E-state index in [0.717, 1.165) is 23.7 Å². The van der Waals surface area contributed by atoms with E-state index in [-0.39, 0.29) is 11.8 Å². The summed E-state index contributed by atoms with van der Waals surface area (Å²) in [6.45, 7) is 3.50. The fourth-order valence-electron chi connectivity index (χ4n) is 3.34. The number of carbonyl (C=O) groups excluding carboxylic acids is 2. The van der Waals surface area contributed by atoms with E-state index in [1.165, 1.54) is 0 Å². The van der Waals surface area contributed by atoms with Crippen LogP contribution in [0.4, 0.5) is 11.4 Å². The first-order valence-electron chi connectivity index (χ1n) is 10.7. The van der Waals surface area contributed by atoms with Gasteiger partial charge in [0.25, 0.3) is 5.91 Å². The quantitative estimate of drug-likeness (QED) is 0.571. The summed E-state index contributed by atoms with van der Waals surface area (Å²) >= 11 is 0. The highest BCUT2D eigenvalue weighted by molar-refractivity contribution is 6.00. The minimum Gasteiger partial charge on any atom is -0.497 e. The molecule has 0 fully saturated rings. The zero-order valence-corrected chi connectivity index (χ0v) is 19.1. The third-order valence-electron chi connectivity index (χ3n) is 5.10. The van der Waals surface area contributed by atoms with Gasteiger partial charge in [-0.1, -0.05) is 0 Å². The van der Waals surface area contributed by atoms with E-state index in [9.17, 15) is 9.59 Å². The molecule has 1 unspecified atom stereocenters. The number of nitrogens with zero attached hydrogens (tertiary/aromatic N) is 2. The second-order valence-corrected chi connectivity index (χ2v) is 7.91. The molecule has 0 saturated carbocycles. The van der Waals surface area contributed by atoms with Crippen LogP contribution in [0.2, 0.25) is 0 Å². The molecular formula is C24H31N3O5. The molecule has 8 nitrogen and oxygen atoms in total. The summed E-state index contributed by atoms with van der Waals surface area (Å²) in [7, 11) is 5.55. The third kappa shape index (κ3) is 6.13. The van der Waals surface area contributed by atoms with Crippen LogP contribution in [0, 0.1) is 0 Å². The molecule has 0 aliphatic carbocycles. The van der Waals surface area contributed by atoms with Gasteiger partial charge in [-0.3, -0.25) is 9.59 Å². The van der Waals surface area contributed by atoms with Gasteiger partial charge in [0, 0.05) is 31.3 Å². The smallest absolute Gasteiger partial charge is 0.267 e. The summed E-state index contributed by atoms with van der Waals surface area (Å²) in [6, 6.07) is 12.7. The van der Waals surface area contributed by atoms with Crippen molar-refractivity contribution in [3.63, 3.8) is 0 Å². The first-order chi connectivity index (χ1) is 15.4. The number of nitrogens with one attached hydrogen (secondary N) is 1. The Labute approximate surface area is 189 Å². The normalized spacial score (nSPS) is 15.2. The van der Waals surface area contributed by atoms with Crippen molar-refractivity contribution in [1.82, 2.24) is 4.90 Å². The van der Waals surface area contributed by atoms with Crippen LogP contribution in [0.3, 0.4) is 0 Å². The lowest BCUT2D eigenvalue weighted by Gasteiger charge is -2.34. The molecule has 0 radical (unpaired) electrons. The van der Waals surface area contributed by atoms with Gasteiger partial charge >= 0.3 is 0 Å². The Morgan fingerprint density at radius 1 is 1.16 bits per heavy atom. The summed E-state index contributed by atoms with van der Waals surface area (Å²) in [5, 5.41) is 2.89. The van der Waals surface area contributed by atoms with Crippen molar-refractivity contribution in [3.05, 3.63) is 42.5 Å². The van der Waals surface area contributed by atoms with E-state index in [0.29, 0.717) is 37.4 Å². The Hall–Kier alpha value is -3.26. The highest BCUT2D eigenvalue weighted by atomic mass is 16.5. The number of rotatable bonds is 10. The fourth-order valence-corrected chi connectivity index (χ4v) is 3.34. The maximum Gasteiger partial charge on any atom is 0.267 e. The van der Waals surface area contributed by atoms with Crippen LogP contribution in [-0.2, 0) is 9.59 Å². The molecule has 0 bridgehead atoms. The van der Waals surface area contributed by atoms with E-state index in [4.69, 9.17) is 14.2 Å². The molecule has 1 aliphatic rings. The predicted octanol–water partition coefficient (Wildman–Crippen LogP) is 3.17. The lowest BCUT2D eigenvalue weighted by Crippen LogP contribution is -2.46. The second-order valence-electron chi connectivity index (χ2n) is 7.91. The highest BCUT2D eigenvalue weighted by Crippen LogP contribution is 2.36. The Morgan fingerprint density at radius 3 is 2.56 bits per heavy atom. The van der Waals surface area contributed by atoms with Crippen LogP contribution < -0.4 is 24.4 Å². The molecule has 1 N–H and O–H groups in total. The molecule has 0 aromatic heterocycles. The molecule has 3 rings (SSSR count). The average molecular weight is 442 g/mol. The topological polar surface area (TPSA) is 80.3 Å².